The maximum atomic E-state index is 12.5. The summed E-state index contributed by atoms with van der Waals surface area (Å²) >= 11 is 0. The van der Waals surface area contributed by atoms with E-state index in [1.54, 1.807) is 0 Å². The molecule has 5 nitrogen and oxygen atoms in total. The molecule has 0 radical (unpaired) electrons. The normalized spacial score (nSPS) is 19.4. The zero-order chi connectivity index (χ0) is 16.8. The molecule has 23 heavy (non-hydrogen) atoms. The number of ether oxygens (including phenoxy) is 1. The second-order valence-corrected chi connectivity index (χ2v) is 5.99. The molecule has 1 aromatic carbocycles. The SMILES string of the molecule is CCN(CC(=O)N1CCO[C@@H](C)C1)[C@H](C)c1ccc(C#N)cc1. The largest absolute Gasteiger partial charge is 0.375 e. The molecule has 0 unspecified atom stereocenters. The third-order valence-corrected chi connectivity index (χ3v) is 4.41. The van der Waals surface area contributed by atoms with Gasteiger partial charge in [-0.05, 0) is 38.1 Å². The van der Waals surface area contributed by atoms with Crippen molar-refractivity contribution in [1.29, 1.82) is 5.26 Å². The van der Waals surface area contributed by atoms with Gasteiger partial charge in [0, 0.05) is 19.1 Å². The van der Waals surface area contributed by atoms with E-state index in [0.29, 0.717) is 31.8 Å². The van der Waals surface area contributed by atoms with E-state index in [9.17, 15) is 4.79 Å². The van der Waals surface area contributed by atoms with Gasteiger partial charge >= 0.3 is 0 Å². The number of nitriles is 1. The maximum absolute atomic E-state index is 12.5. The van der Waals surface area contributed by atoms with Gasteiger partial charge in [-0.2, -0.15) is 5.26 Å². The Morgan fingerprint density at radius 2 is 2.17 bits per heavy atom. The molecule has 124 valence electrons. The smallest absolute Gasteiger partial charge is 0.236 e. The van der Waals surface area contributed by atoms with Crippen LogP contribution in [0.5, 0.6) is 0 Å². The number of amides is 1. The Hall–Kier alpha value is -1.90. The second-order valence-electron chi connectivity index (χ2n) is 5.99. The van der Waals surface area contributed by atoms with Crippen molar-refractivity contribution < 1.29 is 9.53 Å². The third-order valence-electron chi connectivity index (χ3n) is 4.41. The molecule has 0 spiro atoms. The molecule has 2 rings (SSSR count). The lowest BCUT2D eigenvalue weighted by molar-refractivity contribution is -0.139. The summed E-state index contributed by atoms with van der Waals surface area (Å²) in [6, 6.07) is 9.84. The van der Waals surface area contributed by atoms with Crippen LogP contribution in [0.2, 0.25) is 0 Å². The lowest BCUT2D eigenvalue weighted by atomic mass is 10.0. The van der Waals surface area contributed by atoms with E-state index in [-0.39, 0.29) is 18.1 Å². The molecule has 0 aliphatic carbocycles. The molecule has 1 heterocycles. The number of hydrogen-bond acceptors (Lipinski definition) is 4. The summed E-state index contributed by atoms with van der Waals surface area (Å²) in [4.78, 5) is 16.6. The van der Waals surface area contributed by atoms with Gasteiger partial charge in [0.1, 0.15) is 0 Å². The van der Waals surface area contributed by atoms with E-state index >= 15 is 0 Å². The predicted octanol–water partition coefficient (Wildman–Crippen LogP) is 2.19. The van der Waals surface area contributed by atoms with Gasteiger partial charge in [-0.1, -0.05) is 19.1 Å². The van der Waals surface area contributed by atoms with Gasteiger partial charge in [-0.3, -0.25) is 9.69 Å². The Morgan fingerprint density at radius 1 is 1.48 bits per heavy atom. The van der Waals surface area contributed by atoms with Crippen LogP contribution in [-0.4, -0.2) is 54.6 Å². The van der Waals surface area contributed by atoms with Gasteiger partial charge in [0.25, 0.3) is 0 Å². The Balaban J connectivity index is 2.00. The van der Waals surface area contributed by atoms with Crippen molar-refractivity contribution in [3.8, 4) is 6.07 Å². The van der Waals surface area contributed by atoms with Gasteiger partial charge in [-0.15, -0.1) is 0 Å². The van der Waals surface area contributed by atoms with Crippen LogP contribution in [0.1, 0.15) is 37.9 Å². The first-order valence-corrected chi connectivity index (χ1v) is 8.18. The molecule has 5 heteroatoms. The monoisotopic (exact) mass is 315 g/mol. The van der Waals surface area contributed by atoms with Gasteiger partial charge in [0.2, 0.25) is 5.91 Å². The van der Waals surface area contributed by atoms with Crippen molar-refractivity contribution in [1.82, 2.24) is 9.80 Å². The number of benzene rings is 1. The highest BCUT2D eigenvalue weighted by atomic mass is 16.5. The first-order valence-electron chi connectivity index (χ1n) is 8.18. The molecule has 0 saturated carbocycles. The Bertz CT molecular complexity index is 565. The minimum absolute atomic E-state index is 0.110. The van der Waals surface area contributed by atoms with E-state index in [2.05, 4.69) is 24.8 Å². The molecule has 1 amide bonds. The van der Waals surface area contributed by atoms with Crippen LogP contribution in [0.25, 0.3) is 0 Å². The summed E-state index contributed by atoms with van der Waals surface area (Å²) in [5.74, 6) is 0.155. The van der Waals surface area contributed by atoms with Crippen LogP contribution in [0.4, 0.5) is 0 Å². The number of morpholine rings is 1. The molecule has 0 aromatic heterocycles. The summed E-state index contributed by atoms with van der Waals surface area (Å²) in [6.45, 7) is 9.32. The standard InChI is InChI=1S/C18H25N3O2/c1-4-20(13-18(22)21-9-10-23-14(2)12-21)15(3)17-7-5-16(11-19)6-8-17/h5-8,14-15H,4,9-10,12-13H2,1-3H3/t14-,15+/m0/s1. The molecule has 1 fully saturated rings. The van der Waals surface area contributed by atoms with Crippen LogP contribution in [0.3, 0.4) is 0 Å². The Kier molecular flexibility index (Phi) is 6.14. The van der Waals surface area contributed by atoms with Crippen LogP contribution in [0, 0.1) is 11.3 Å². The van der Waals surface area contributed by atoms with Crippen molar-refractivity contribution in [3.63, 3.8) is 0 Å². The zero-order valence-electron chi connectivity index (χ0n) is 14.2. The van der Waals surface area contributed by atoms with E-state index in [1.807, 2.05) is 36.1 Å². The average Bonchev–Trinajstić information content (AvgIpc) is 2.59. The Labute approximate surface area is 138 Å². The van der Waals surface area contributed by atoms with Crippen molar-refractivity contribution in [2.75, 3.05) is 32.8 Å². The molecule has 1 aliphatic rings. The van der Waals surface area contributed by atoms with Crippen molar-refractivity contribution in [2.24, 2.45) is 0 Å². The van der Waals surface area contributed by atoms with E-state index < -0.39 is 0 Å². The quantitative estimate of drug-likeness (QED) is 0.836. The highest BCUT2D eigenvalue weighted by Gasteiger charge is 2.24. The zero-order valence-corrected chi connectivity index (χ0v) is 14.2. The number of carbonyl (C=O) groups excluding carboxylic acids is 1. The minimum Gasteiger partial charge on any atom is -0.375 e. The third kappa shape index (κ3) is 4.54. The van der Waals surface area contributed by atoms with Gasteiger partial charge < -0.3 is 9.64 Å². The first kappa shape index (κ1) is 17.5. The number of likely N-dealkylation sites (N-methyl/N-ethyl adjacent to an activating group) is 1. The highest BCUT2D eigenvalue weighted by molar-refractivity contribution is 5.78. The minimum atomic E-state index is 0.110. The molecule has 1 aliphatic heterocycles. The number of carbonyl (C=O) groups is 1. The summed E-state index contributed by atoms with van der Waals surface area (Å²) in [6.07, 6.45) is 0.110. The molecule has 2 atom stereocenters. The lowest BCUT2D eigenvalue weighted by Gasteiger charge is -2.34. The number of hydrogen-bond donors (Lipinski definition) is 0. The summed E-state index contributed by atoms with van der Waals surface area (Å²) in [5, 5.41) is 8.89. The number of rotatable bonds is 5. The second kappa shape index (κ2) is 8.09. The molecule has 1 saturated heterocycles. The van der Waals surface area contributed by atoms with E-state index in [4.69, 9.17) is 10.00 Å². The first-order chi connectivity index (χ1) is 11.0. The predicted molar refractivity (Wildman–Crippen MR) is 88.8 cm³/mol. The summed E-state index contributed by atoms with van der Waals surface area (Å²) in [5.41, 5.74) is 1.77. The molecule has 1 aromatic rings. The van der Waals surface area contributed by atoms with Gasteiger partial charge in [0.05, 0.1) is 30.9 Å². The molecule has 0 N–H and O–H groups in total. The fourth-order valence-electron chi connectivity index (χ4n) is 2.89. The number of nitrogens with zero attached hydrogens (tertiary/aromatic N) is 3. The fourth-order valence-corrected chi connectivity index (χ4v) is 2.89. The lowest BCUT2D eigenvalue weighted by Crippen LogP contribution is -2.48. The molecular weight excluding hydrogens is 290 g/mol. The van der Waals surface area contributed by atoms with E-state index in [0.717, 1.165) is 12.1 Å². The van der Waals surface area contributed by atoms with Crippen molar-refractivity contribution in [3.05, 3.63) is 35.4 Å². The van der Waals surface area contributed by atoms with Gasteiger partial charge in [0.15, 0.2) is 0 Å². The molecule has 0 bridgehead atoms. The maximum Gasteiger partial charge on any atom is 0.236 e. The Morgan fingerprint density at radius 3 is 2.74 bits per heavy atom. The summed E-state index contributed by atoms with van der Waals surface area (Å²) < 4.78 is 5.49. The van der Waals surface area contributed by atoms with E-state index in [1.165, 1.54) is 0 Å². The van der Waals surface area contributed by atoms with Crippen molar-refractivity contribution in [2.45, 2.75) is 32.9 Å². The van der Waals surface area contributed by atoms with Crippen LogP contribution < -0.4 is 0 Å². The van der Waals surface area contributed by atoms with Gasteiger partial charge in [-0.25, -0.2) is 0 Å². The van der Waals surface area contributed by atoms with Crippen molar-refractivity contribution >= 4 is 5.91 Å². The van der Waals surface area contributed by atoms with Crippen LogP contribution in [-0.2, 0) is 9.53 Å². The highest BCUT2D eigenvalue weighted by Crippen LogP contribution is 2.20. The topological polar surface area (TPSA) is 56.6 Å². The van der Waals surface area contributed by atoms with Crippen LogP contribution in [0.15, 0.2) is 24.3 Å². The average molecular weight is 315 g/mol. The fraction of sp³-hybridized carbons (Fsp3) is 0.556. The summed E-state index contributed by atoms with van der Waals surface area (Å²) in [7, 11) is 0. The van der Waals surface area contributed by atoms with Crippen LogP contribution >= 0.6 is 0 Å². The molecular formula is C18H25N3O2.